The second-order valence-electron chi connectivity index (χ2n) is 5.00. The van der Waals surface area contributed by atoms with Gasteiger partial charge in [-0.3, -0.25) is 9.68 Å². The van der Waals surface area contributed by atoms with E-state index >= 15 is 0 Å². The van der Waals surface area contributed by atoms with Crippen LogP contribution in [0.2, 0.25) is 0 Å². The van der Waals surface area contributed by atoms with Gasteiger partial charge in [0.15, 0.2) is 0 Å². The summed E-state index contributed by atoms with van der Waals surface area (Å²) in [5.41, 5.74) is 2.05. The van der Waals surface area contributed by atoms with Gasteiger partial charge in [-0.15, -0.1) is 0 Å². The van der Waals surface area contributed by atoms with Crippen molar-refractivity contribution in [1.82, 2.24) is 10.1 Å². The molecular formula is C17H18N2O3. The van der Waals surface area contributed by atoms with Gasteiger partial charge in [-0.05, 0) is 11.1 Å². The summed E-state index contributed by atoms with van der Waals surface area (Å²) >= 11 is 0. The van der Waals surface area contributed by atoms with Crippen molar-refractivity contribution in [3.8, 4) is 0 Å². The molecule has 0 aromatic heterocycles. The number of hydrogen-bond acceptors (Lipinski definition) is 3. The van der Waals surface area contributed by atoms with Crippen molar-refractivity contribution in [2.75, 3.05) is 13.1 Å². The summed E-state index contributed by atoms with van der Waals surface area (Å²) in [5.74, 6) is 0. The summed E-state index contributed by atoms with van der Waals surface area (Å²) < 4.78 is 0. The zero-order valence-electron chi connectivity index (χ0n) is 12.2. The van der Waals surface area contributed by atoms with E-state index in [2.05, 4.69) is 0 Å². The third-order valence-corrected chi connectivity index (χ3v) is 3.39. The molecule has 2 aromatic rings. The number of benzene rings is 2. The second kappa shape index (κ2) is 7.06. The fourth-order valence-corrected chi connectivity index (χ4v) is 2.19. The van der Waals surface area contributed by atoms with Crippen LogP contribution in [-0.4, -0.2) is 29.2 Å². The summed E-state index contributed by atoms with van der Waals surface area (Å²) in [6.45, 7) is 1.75. The first kappa shape index (κ1) is 14.6. The molecule has 1 aliphatic rings. The Hall–Kier alpha value is -2.37. The molecule has 1 fully saturated rings. The standard InChI is InChI=1S/C17H18N2O3/c20-17-18(21-13-15-7-3-1-4-8-15)11-12-19(17)22-14-16-9-5-2-6-10-16/h1-10H,11-14H2. The first-order valence-corrected chi connectivity index (χ1v) is 7.25. The number of nitrogens with zero attached hydrogens (tertiary/aromatic N) is 2. The highest BCUT2D eigenvalue weighted by Crippen LogP contribution is 2.13. The van der Waals surface area contributed by atoms with Crippen molar-refractivity contribution < 1.29 is 14.5 Å². The molecule has 0 aliphatic carbocycles. The lowest BCUT2D eigenvalue weighted by atomic mass is 10.2. The maximum atomic E-state index is 12.1. The highest BCUT2D eigenvalue weighted by Gasteiger charge is 2.30. The molecule has 2 amide bonds. The maximum absolute atomic E-state index is 12.1. The Bertz CT molecular complexity index is 550. The zero-order valence-corrected chi connectivity index (χ0v) is 12.2. The van der Waals surface area contributed by atoms with Crippen molar-refractivity contribution in [1.29, 1.82) is 0 Å². The largest absolute Gasteiger partial charge is 0.367 e. The maximum Gasteiger partial charge on any atom is 0.367 e. The molecule has 0 saturated carbocycles. The lowest BCUT2D eigenvalue weighted by Crippen LogP contribution is -2.32. The van der Waals surface area contributed by atoms with Crippen LogP contribution in [0.4, 0.5) is 4.79 Å². The van der Waals surface area contributed by atoms with Crippen molar-refractivity contribution in [2.24, 2.45) is 0 Å². The van der Waals surface area contributed by atoms with Crippen LogP contribution in [0.1, 0.15) is 11.1 Å². The predicted molar refractivity (Wildman–Crippen MR) is 81.3 cm³/mol. The highest BCUT2D eigenvalue weighted by atomic mass is 16.7. The van der Waals surface area contributed by atoms with E-state index in [0.29, 0.717) is 26.3 Å². The van der Waals surface area contributed by atoms with Gasteiger partial charge in [-0.1, -0.05) is 60.7 Å². The molecule has 0 unspecified atom stereocenters. The van der Waals surface area contributed by atoms with E-state index in [4.69, 9.17) is 9.68 Å². The Kier molecular flexibility index (Phi) is 4.68. The quantitative estimate of drug-likeness (QED) is 0.823. The van der Waals surface area contributed by atoms with E-state index in [0.717, 1.165) is 11.1 Å². The molecule has 0 atom stereocenters. The van der Waals surface area contributed by atoms with Crippen LogP contribution in [0.15, 0.2) is 60.7 Å². The molecule has 1 saturated heterocycles. The SMILES string of the molecule is O=C1N(OCc2ccccc2)CCN1OCc1ccccc1. The Morgan fingerprint density at radius 3 is 1.55 bits per heavy atom. The summed E-state index contributed by atoms with van der Waals surface area (Å²) in [7, 11) is 0. The van der Waals surface area contributed by atoms with Crippen LogP contribution >= 0.6 is 0 Å². The lowest BCUT2D eigenvalue weighted by Gasteiger charge is -2.17. The molecule has 3 rings (SSSR count). The molecule has 114 valence electrons. The number of rotatable bonds is 6. The van der Waals surface area contributed by atoms with Gasteiger partial charge in [-0.25, -0.2) is 4.79 Å². The smallest absolute Gasteiger partial charge is 0.265 e. The summed E-state index contributed by atoms with van der Waals surface area (Å²) in [6, 6.07) is 19.3. The Morgan fingerprint density at radius 2 is 1.14 bits per heavy atom. The van der Waals surface area contributed by atoms with Crippen molar-refractivity contribution in [3.05, 3.63) is 71.8 Å². The van der Waals surface area contributed by atoms with Crippen LogP contribution in [0.3, 0.4) is 0 Å². The van der Waals surface area contributed by atoms with Gasteiger partial charge in [0.1, 0.15) is 13.2 Å². The van der Waals surface area contributed by atoms with Crippen molar-refractivity contribution in [3.63, 3.8) is 0 Å². The van der Waals surface area contributed by atoms with Gasteiger partial charge in [0.2, 0.25) is 0 Å². The van der Waals surface area contributed by atoms with Crippen molar-refractivity contribution >= 4 is 6.03 Å². The third kappa shape index (κ3) is 3.63. The van der Waals surface area contributed by atoms with Gasteiger partial charge in [0, 0.05) is 0 Å². The molecule has 1 heterocycles. The average Bonchev–Trinajstić information content (AvgIpc) is 2.93. The first-order valence-electron chi connectivity index (χ1n) is 7.25. The molecule has 22 heavy (non-hydrogen) atoms. The number of hydroxylamine groups is 4. The van der Waals surface area contributed by atoms with Crippen LogP contribution in [0, 0.1) is 0 Å². The normalized spacial score (nSPS) is 14.6. The average molecular weight is 298 g/mol. The van der Waals surface area contributed by atoms with Gasteiger partial charge >= 0.3 is 6.03 Å². The fourth-order valence-electron chi connectivity index (χ4n) is 2.19. The molecule has 5 nitrogen and oxygen atoms in total. The Balaban J connectivity index is 1.47. The van der Waals surface area contributed by atoms with E-state index in [1.807, 2.05) is 60.7 Å². The molecule has 0 radical (unpaired) electrons. The number of carbonyl (C=O) groups excluding carboxylic acids is 1. The van der Waals surface area contributed by atoms with Gasteiger partial charge in [0.25, 0.3) is 0 Å². The predicted octanol–water partition coefficient (Wildman–Crippen LogP) is 2.99. The molecular weight excluding hydrogens is 280 g/mol. The molecule has 1 aliphatic heterocycles. The number of amides is 2. The number of carbonyl (C=O) groups is 1. The van der Waals surface area contributed by atoms with E-state index in [9.17, 15) is 4.79 Å². The minimum Gasteiger partial charge on any atom is -0.265 e. The number of urea groups is 1. The molecule has 0 N–H and O–H groups in total. The van der Waals surface area contributed by atoms with Crippen LogP contribution in [0.5, 0.6) is 0 Å². The minimum absolute atomic E-state index is 0.258. The zero-order chi connectivity index (χ0) is 15.2. The summed E-state index contributed by atoms with van der Waals surface area (Å²) in [5, 5.41) is 2.69. The highest BCUT2D eigenvalue weighted by molar-refractivity contribution is 5.74. The molecule has 0 bridgehead atoms. The van der Waals surface area contributed by atoms with E-state index in [1.165, 1.54) is 10.1 Å². The van der Waals surface area contributed by atoms with Crippen molar-refractivity contribution in [2.45, 2.75) is 13.2 Å². The summed E-state index contributed by atoms with van der Waals surface area (Å²) in [4.78, 5) is 23.2. The lowest BCUT2D eigenvalue weighted by molar-refractivity contribution is -0.143. The minimum atomic E-state index is -0.258. The van der Waals surface area contributed by atoms with Gasteiger partial charge in [0.05, 0.1) is 13.1 Å². The fraction of sp³-hybridized carbons (Fsp3) is 0.235. The topological polar surface area (TPSA) is 42.0 Å². The van der Waals surface area contributed by atoms with E-state index < -0.39 is 0 Å². The second-order valence-corrected chi connectivity index (χ2v) is 5.00. The van der Waals surface area contributed by atoms with E-state index in [-0.39, 0.29) is 6.03 Å². The van der Waals surface area contributed by atoms with Crippen LogP contribution < -0.4 is 0 Å². The van der Waals surface area contributed by atoms with E-state index in [1.54, 1.807) is 0 Å². The summed E-state index contributed by atoms with van der Waals surface area (Å²) in [6.07, 6.45) is 0. The monoisotopic (exact) mass is 298 g/mol. The van der Waals surface area contributed by atoms with Gasteiger partial charge in [-0.2, -0.15) is 10.1 Å². The molecule has 0 spiro atoms. The Labute approximate surface area is 129 Å². The Morgan fingerprint density at radius 1 is 0.727 bits per heavy atom. The van der Waals surface area contributed by atoms with Gasteiger partial charge < -0.3 is 0 Å². The van der Waals surface area contributed by atoms with Crippen LogP contribution in [0.25, 0.3) is 0 Å². The third-order valence-electron chi connectivity index (χ3n) is 3.39. The number of hydrogen-bond donors (Lipinski definition) is 0. The first-order chi connectivity index (χ1) is 10.8. The van der Waals surface area contributed by atoms with Crippen LogP contribution in [-0.2, 0) is 22.9 Å². The molecule has 2 aromatic carbocycles. The molecule has 5 heteroatoms.